The van der Waals surface area contributed by atoms with Gasteiger partial charge in [0.25, 0.3) is 0 Å². The lowest BCUT2D eigenvalue weighted by Crippen LogP contribution is -2.14. The number of hydrogen-bond acceptors (Lipinski definition) is 5. The zero-order valence-electron chi connectivity index (χ0n) is 12.9. The van der Waals surface area contributed by atoms with Gasteiger partial charge in [-0.3, -0.25) is 4.72 Å². The Labute approximate surface area is 143 Å². The Bertz CT molecular complexity index is 993. The molecule has 7 heteroatoms. The van der Waals surface area contributed by atoms with Gasteiger partial charge in [-0.05, 0) is 29.0 Å². The minimum absolute atomic E-state index is 0.135. The van der Waals surface area contributed by atoms with Crippen LogP contribution in [-0.2, 0) is 21.4 Å². The SMILES string of the molecule is CS(=O)(=O)Nc1ccccc1C(=O)OCc1csc2ccccc12. The number of benzene rings is 2. The number of ether oxygens (including phenoxy) is 1. The Morgan fingerprint density at radius 1 is 1.12 bits per heavy atom. The van der Waals surface area contributed by atoms with Crippen molar-refractivity contribution in [1.29, 1.82) is 0 Å². The van der Waals surface area contributed by atoms with E-state index in [1.807, 2.05) is 29.6 Å². The second-order valence-corrected chi connectivity index (χ2v) is 7.91. The van der Waals surface area contributed by atoms with Gasteiger partial charge in [-0.25, -0.2) is 13.2 Å². The van der Waals surface area contributed by atoms with E-state index in [9.17, 15) is 13.2 Å². The topological polar surface area (TPSA) is 72.5 Å². The molecule has 1 N–H and O–H groups in total. The number of hydrogen-bond donors (Lipinski definition) is 1. The predicted molar refractivity (Wildman–Crippen MR) is 95.9 cm³/mol. The molecule has 0 aliphatic rings. The summed E-state index contributed by atoms with van der Waals surface area (Å²) >= 11 is 1.59. The molecule has 3 aromatic rings. The molecule has 1 heterocycles. The van der Waals surface area contributed by atoms with E-state index in [2.05, 4.69) is 4.72 Å². The number of rotatable bonds is 5. The summed E-state index contributed by atoms with van der Waals surface area (Å²) in [5.74, 6) is -0.572. The van der Waals surface area contributed by atoms with Gasteiger partial charge in [0.2, 0.25) is 10.0 Å². The largest absolute Gasteiger partial charge is 0.457 e. The molecule has 3 rings (SSSR count). The van der Waals surface area contributed by atoms with Crippen LogP contribution in [0, 0.1) is 0 Å². The Kier molecular flexibility index (Phi) is 4.55. The maximum atomic E-state index is 12.3. The van der Waals surface area contributed by atoms with Crippen LogP contribution in [0.5, 0.6) is 0 Å². The van der Waals surface area contributed by atoms with Crippen molar-refractivity contribution in [3.05, 3.63) is 65.0 Å². The Balaban J connectivity index is 1.78. The van der Waals surface area contributed by atoms with E-state index in [0.29, 0.717) is 0 Å². The second kappa shape index (κ2) is 6.62. The third kappa shape index (κ3) is 3.74. The van der Waals surface area contributed by atoms with Gasteiger partial charge in [0.1, 0.15) is 6.61 Å². The van der Waals surface area contributed by atoms with Crippen LogP contribution >= 0.6 is 11.3 Å². The van der Waals surface area contributed by atoms with Crippen LogP contribution in [0.25, 0.3) is 10.1 Å². The smallest absolute Gasteiger partial charge is 0.340 e. The Morgan fingerprint density at radius 3 is 2.62 bits per heavy atom. The van der Waals surface area contributed by atoms with Gasteiger partial charge in [-0.2, -0.15) is 0 Å². The molecule has 0 fully saturated rings. The van der Waals surface area contributed by atoms with Crippen molar-refractivity contribution in [3.8, 4) is 0 Å². The third-order valence-corrected chi connectivity index (χ3v) is 4.97. The number of esters is 1. The van der Waals surface area contributed by atoms with Gasteiger partial charge in [-0.1, -0.05) is 30.3 Å². The molecule has 1 aromatic heterocycles. The summed E-state index contributed by atoms with van der Waals surface area (Å²) in [4.78, 5) is 12.3. The van der Waals surface area contributed by atoms with Crippen LogP contribution in [0.2, 0.25) is 0 Å². The van der Waals surface area contributed by atoms with Crippen molar-refractivity contribution in [1.82, 2.24) is 0 Å². The molecule has 0 saturated carbocycles. The van der Waals surface area contributed by atoms with E-state index in [1.54, 1.807) is 23.5 Å². The highest BCUT2D eigenvalue weighted by molar-refractivity contribution is 7.92. The zero-order chi connectivity index (χ0) is 17.2. The van der Waals surface area contributed by atoms with Crippen LogP contribution in [-0.4, -0.2) is 20.6 Å². The molecular formula is C17H15NO4S2. The van der Waals surface area contributed by atoms with Crippen LogP contribution < -0.4 is 4.72 Å². The van der Waals surface area contributed by atoms with Gasteiger partial charge >= 0.3 is 5.97 Å². The first kappa shape index (κ1) is 16.5. The van der Waals surface area contributed by atoms with Crippen LogP contribution in [0.4, 0.5) is 5.69 Å². The van der Waals surface area contributed by atoms with E-state index in [4.69, 9.17) is 4.74 Å². The second-order valence-electron chi connectivity index (χ2n) is 5.25. The van der Waals surface area contributed by atoms with E-state index in [0.717, 1.165) is 21.9 Å². The average Bonchev–Trinajstić information content (AvgIpc) is 2.95. The molecule has 0 unspecified atom stereocenters. The molecule has 0 atom stereocenters. The summed E-state index contributed by atoms with van der Waals surface area (Å²) in [6.45, 7) is 0.135. The fourth-order valence-electron chi connectivity index (χ4n) is 2.32. The Hall–Kier alpha value is -2.38. The summed E-state index contributed by atoms with van der Waals surface area (Å²) in [5, 5.41) is 3.01. The molecule has 0 aliphatic carbocycles. The van der Waals surface area contributed by atoms with Crippen molar-refractivity contribution in [3.63, 3.8) is 0 Å². The quantitative estimate of drug-likeness (QED) is 0.705. The number of carbonyl (C=O) groups excluding carboxylic acids is 1. The first-order chi connectivity index (χ1) is 11.4. The summed E-state index contributed by atoms with van der Waals surface area (Å²) in [6.07, 6.45) is 1.03. The van der Waals surface area contributed by atoms with Gasteiger partial charge < -0.3 is 4.74 Å². The summed E-state index contributed by atoms with van der Waals surface area (Å²) in [5.41, 5.74) is 1.32. The van der Waals surface area contributed by atoms with E-state index in [1.165, 1.54) is 12.1 Å². The number of sulfonamides is 1. The molecule has 124 valence electrons. The summed E-state index contributed by atoms with van der Waals surface area (Å²) < 4.78 is 31.6. The highest BCUT2D eigenvalue weighted by Crippen LogP contribution is 2.26. The summed E-state index contributed by atoms with van der Waals surface area (Å²) in [7, 11) is -3.48. The maximum Gasteiger partial charge on any atom is 0.340 e. The van der Waals surface area contributed by atoms with Gasteiger partial charge in [0, 0.05) is 10.3 Å². The van der Waals surface area contributed by atoms with Crippen molar-refractivity contribution < 1.29 is 17.9 Å². The average molecular weight is 361 g/mol. The van der Waals surface area contributed by atoms with Crippen molar-refractivity contribution in [2.75, 3.05) is 11.0 Å². The fourth-order valence-corrected chi connectivity index (χ4v) is 3.84. The predicted octanol–water partition coefficient (Wildman–Crippen LogP) is 3.63. The van der Waals surface area contributed by atoms with Crippen molar-refractivity contribution in [2.45, 2.75) is 6.61 Å². The van der Waals surface area contributed by atoms with Gasteiger partial charge in [0.05, 0.1) is 17.5 Å². The Morgan fingerprint density at radius 2 is 1.83 bits per heavy atom. The summed E-state index contributed by atoms with van der Waals surface area (Å²) in [6, 6.07) is 14.2. The standard InChI is InChI=1S/C17H15NO4S2/c1-24(20,21)18-15-8-4-2-7-14(15)17(19)22-10-12-11-23-16-9-5-3-6-13(12)16/h2-9,11,18H,10H2,1H3. The third-order valence-electron chi connectivity index (χ3n) is 3.36. The van der Waals surface area contributed by atoms with Crippen molar-refractivity contribution in [2.24, 2.45) is 0 Å². The highest BCUT2D eigenvalue weighted by atomic mass is 32.2. The molecule has 2 aromatic carbocycles. The molecule has 0 bridgehead atoms. The molecular weight excluding hydrogens is 346 g/mol. The van der Waals surface area contributed by atoms with Crippen LogP contribution in [0.15, 0.2) is 53.9 Å². The van der Waals surface area contributed by atoms with Gasteiger partial charge in [-0.15, -0.1) is 11.3 Å². The number of thiophene rings is 1. The molecule has 0 aliphatic heterocycles. The number of anilines is 1. The molecule has 0 amide bonds. The normalized spacial score (nSPS) is 11.4. The minimum Gasteiger partial charge on any atom is -0.457 e. The lowest BCUT2D eigenvalue weighted by atomic mass is 10.2. The van der Waals surface area contributed by atoms with E-state index in [-0.39, 0.29) is 17.9 Å². The lowest BCUT2D eigenvalue weighted by Gasteiger charge is -2.10. The zero-order valence-corrected chi connectivity index (χ0v) is 14.5. The highest BCUT2D eigenvalue weighted by Gasteiger charge is 2.15. The number of carbonyl (C=O) groups is 1. The lowest BCUT2D eigenvalue weighted by molar-refractivity contribution is 0.0476. The maximum absolute atomic E-state index is 12.3. The first-order valence-electron chi connectivity index (χ1n) is 7.13. The number of para-hydroxylation sites is 1. The van der Waals surface area contributed by atoms with Crippen LogP contribution in [0.3, 0.4) is 0 Å². The molecule has 0 saturated heterocycles. The fraction of sp³-hybridized carbons (Fsp3) is 0.118. The molecule has 0 radical (unpaired) electrons. The molecule has 5 nitrogen and oxygen atoms in total. The molecule has 0 spiro atoms. The monoisotopic (exact) mass is 361 g/mol. The van der Waals surface area contributed by atoms with Crippen molar-refractivity contribution >= 4 is 43.1 Å². The number of nitrogens with one attached hydrogen (secondary N) is 1. The van der Waals surface area contributed by atoms with E-state index >= 15 is 0 Å². The van der Waals surface area contributed by atoms with Crippen LogP contribution in [0.1, 0.15) is 15.9 Å². The first-order valence-corrected chi connectivity index (χ1v) is 9.90. The molecule has 24 heavy (non-hydrogen) atoms. The number of fused-ring (bicyclic) bond motifs is 1. The van der Waals surface area contributed by atoms with E-state index < -0.39 is 16.0 Å². The minimum atomic E-state index is -3.48. The van der Waals surface area contributed by atoms with Gasteiger partial charge in [0.15, 0.2) is 0 Å².